The first-order valence-electron chi connectivity index (χ1n) is 3.89. The van der Waals surface area contributed by atoms with Crippen molar-refractivity contribution in [3.8, 4) is 0 Å². The van der Waals surface area contributed by atoms with Crippen LogP contribution < -0.4 is 0 Å². The average Bonchev–Trinajstić information content (AvgIpc) is 1.81. The van der Waals surface area contributed by atoms with E-state index >= 15 is 0 Å². The van der Waals surface area contributed by atoms with Crippen molar-refractivity contribution in [2.45, 2.75) is 27.2 Å². The minimum atomic E-state index is -1.17. The third kappa shape index (κ3) is 5.90. The van der Waals surface area contributed by atoms with E-state index in [1.54, 1.807) is 0 Å². The lowest BCUT2D eigenvalue weighted by Crippen LogP contribution is -2.11. The molecule has 0 radical (unpaired) electrons. The Morgan fingerprint density at radius 3 is 1.92 bits per heavy atom. The van der Waals surface area contributed by atoms with Gasteiger partial charge in [-0.2, -0.15) is 0 Å². The van der Waals surface area contributed by atoms with Crippen molar-refractivity contribution in [3.63, 3.8) is 0 Å². The van der Waals surface area contributed by atoms with E-state index in [9.17, 15) is 9.59 Å². The molecule has 0 unspecified atom stereocenters. The zero-order valence-corrected chi connectivity index (χ0v) is 8.00. The fraction of sp³-hybridized carbons (Fsp3) is 0.556. The zero-order valence-electron chi connectivity index (χ0n) is 8.00. The van der Waals surface area contributed by atoms with Crippen LogP contribution in [-0.4, -0.2) is 22.2 Å². The summed E-state index contributed by atoms with van der Waals surface area (Å²) in [6.07, 6.45) is 1.02. The molecular formula is C9H14O4. The molecular weight excluding hydrogens is 172 g/mol. The van der Waals surface area contributed by atoms with Gasteiger partial charge in [0.15, 0.2) is 0 Å². The second-order valence-electron chi connectivity index (χ2n) is 3.91. The van der Waals surface area contributed by atoms with Crippen molar-refractivity contribution < 1.29 is 19.8 Å². The SMILES string of the molecule is CC(C)(C)/C=C(\CC(=O)O)C(=O)O. The molecule has 0 heterocycles. The first-order valence-corrected chi connectivity index (χ1v) is 3.89. The molecule has 0 rings (SSSR count). The molecule has 0 aromatic heterocycles. The molecule has 0 amide bonds. The number of hydrogen-bond acceptors (Lipinski definition) is 2. The van der Waals surface area contributed by atoms with Crippen LogP contribution in [0.3, 0.4) is 0 Å². The number of rotatable bonds is 3. The van der Waals surface area contributed by atoms with Crippen molar-refractivity contribution in [2.75, 3.05) is 0 Å². The van der Waals surface area contributed by atoms with Crippen molar-refractivity contribution in [3.05, 3.63) is 11.6 Å². The maximum Gasteiger partial charge on any atom is 0.331 e. The molecule has 13 heavy (non-hydrogen) atoms. The second-order valence-corrected chi connectivity index (χ2v) is 3.91. The van der Waals surface area contributed by atoms with Crippen molar-refractivity contribution >= 4 is 11.9 Å². The van der Waals surface area contributed by atoms with E-state index in [1.165, 1.54) is 6.08 Å². The number of carboxylic acid groups (broad SMARTS) is 2. The van der Waals surface area contributed by atoms with Crippen LogP contribution in [0.15, 0.2) is 11.6 Å². The molecule has 0 aliphatic heterocycles. The Morgan fingerprint density at radius 2 is 1.69 bits per heavy atom. The summed E-state index contributed by atoms with van der Waals surface area (Å²) in [7, 11) is 0. The Labute approximate surface area is 76.9 Å². The van der Waals surface area contributed by atoms with Crippen LogP contribution in [0.25, 0.3) is 0 Å². The first kappa shape index (κ1) is 11.7. The minimum absolute atomic E-state index is 0.0694. The standard InChI is InChI=1S/C9H14O4/c1-9(2,3)5-6(8(12)13)4-7(10)11/h5H,4H2,1-3H3,(H,10,11)(H,12,13)/b6-5+. The Bertz CT molecular complexity index is 245. The summed E-state index contributed by atoms with van der Waals surface area (Å²) in [5.41, 5.74) is -0.386. The largest absolute Gasteiger partial charge is 0.481 e. The Hall–Kier alpha value is -1.32. The summed E-state index contributed by atoms with van der Waals surface area (Å²) >= 11 is 0. The summed E-state index contributed by atoms with van der Waals surface area (Å²) < 4.78 is 0. The molecule has 0 aromatic carbocycles. The topological polar surface area (TPSA) is 74.6 Å². The van der Waals surface area contributed by atoms with Crippen LogP contribution in [-0.2, 0) is 9.59 Å². The average molecular weight is 186 g/mol. The van der Waals surface area contributed by atoms with Crippen molar-refractivity contribution in [1.82, 2.24) is 0 Å². The lowest BCUT2D eigenvalue weighted by molar-refractivity contribution is -0.139. The third-order valence-electron chi connectivity index (χ3n) is 1.22. The van der Waals surface area contributed by atoms with Gasteiger partial charge in [0.2, 0.25) is 0 Å². The van der Waals surface area contributed by atoms with Gasteiger partial charge in [-0.3, -0.25) is 4.79 Å². The summed E-state index contributed by atoms with van der Waals surface area (Å²) in [6.45, 7) is 5.45. The fourth-order valence-electron chi connectivity index (χ4n) is 0.874. The number of carboxylic acids is 2. The minimum Gasteiger partial charge on any atom is -0.481 e. The van der Waals surface area contributed by atoms with E-state index in [0.29, 0.717) is 0 Å². The number of allylic oxidation sites excluding steroid dienone is 1. The van der Waals surface area contributed by atoms with Crippen molar-refractivity contribution in [2.24, 2.45) is 5.41 Å². The summed E-state index contributed by atoms with van der Waals surface area (Å²) in [4.78, 5) is 20.9. The fourth-order valence-corrected chi connectivity index (χ4v) is 0.874. The predicted molar refractivity (Wildman–Crippen MR) is 47.4 cm³/mol. The van der Waals surface area contributed by atoms with Crippen LogP contribution in [0.2, 0.25) is 0 Å². The summed E-state index contributed by atoms with van der Waals surface area (Å²) in [5, 5.41) is 17.1. The molecule has 0 fully saturated rings. The van der Waals surface area contributed by atoms with E-state index in [-0.39, 0.29) is 11.0 Å². The predicted octanol–water partition coefficient (Wildman–Crippen LogP) is 1.52. The van der Waals surface area contributed by atoms with Crippen molar-refractivity contribution in [1.29, 1.82) is 0 Å². The molecule has 0 aliphatic rings. The number of carbonyl (C=O) groups is 2. The normalized spacial score (nSPS) is 12.7. The maximum absolute atomic E-state index is 10.6. The molecule has 0 aromatic rings. The highest BCUT2D eigenvalue weighted by Crippen LogP contribution is 2.19. The molecule has 0 saturated heterocycles. The molecule has 2 N–H and O–H groups in total. The first-order chi connectivity index (χ1) is 5.72. The van der Waals surface area contributed by atoms with Gasteiger partial charge in [-0.05, 0) is 5.41 Å². The quantitative estimate of drug-likeness (QED) is 0.655. The Balaban J connectivity index is 4.71. The van der Waals surface area contributed by atoms with Gasteiger partial charge in [0.05, 0.1) is 6.42 Å². The highest BCUT2D eigenvalue weighted by atomic mass is 16.4. The van der Waals surface area contributed by atoms with Crippen LogP contribution in [0.1, 0.15) is 27.2 Å². The highest BCUT2D eigenvalue weighted by Gasteiger charge is 2.16. The molecule has 0 saturated carbocycles. The van der Waals surface area contributed by atoms with Gasteiger partial charge in [-0.25, -0.2) is 4.79 Å². The van der Waals surface area contributed by atoms with Crippen LogP contribution in [0.5, 0.6) is 0 Å². The lowest BCUT2D eigenvalue weighted by Gasteiger charge is -2.13. The van der Waals surface area contributed by atoms with E-state index in [4.69, 9.17) is 10.2 Å². The van der Waals surface area contributed by atoms with E-state index in [0.717, 1.165) is 0 Å². The molecule has 4 nitrogen and oxygen atoms in total. The van der Waals surface area contributed by atoms with Gasteiger partial charge in [-0.15, -0.1) is 0 Å². The van der Waals surface area contributed by atoms with Gasteiger partial charge >= 0.3 is 11.9 Å². The van der Waals surface area contributed by atoms with Gasteiger partial charge in [-0.1, -0.05) is 26.8 Å². The van der Waals surface area contributed by atoms with Crippen LogP contribution in [0, 0.1) is 5.41 Å². The molecule has 0 spiro atoms. The smallest absolute Gasteiger partial charge is 0.331 e. The highest BCUT2D eigenvalue weighted by molar-refractivity contribution is 5.92. The van der Waals surface area contributed by atoms with E-state index in [1.807, 2.05) is 20.8 Å². The Morgan fingerprint density at radius 1 is 1.23 bits per heavy atom. The monoisotopic (exact) mass is 186 g/mol. The number of hydrogen-bond donors (Lipinski definition) is 2. The van der Waals surface area contributed by atoms with E-state index in [2.05, 4.69) is 0 Å². The molecule has 74 valence electrons. The summed E-state index contributed by atoms with van der Waals surface area (Å²) in [5.74, 6) is -2.30. The van der Waals surface area contributed by atoms with Crippen LogP contribution >= 0.6 is 0 Å². The zero-order chi connectivity index (χ0) is 10.6. The summed E-state index contributed by atoms with van der Waals surface area (Å²) in [6, 6.07) is 0. The molecule has 0 aliphatic carbocycles. The number of aliphatic carboxylic acids is 2. The van der Waals surface area contributed by atoms with Gasteiger partial charge in [0, 0.05) is 5.57 Å². The molecule has 4 heteroatoms. The van der Waals surface area contributed by atoms with Crippen LogP contribution in [0.4, 0.5) is 0 Å². The van der Waals surface area contributed by atoms with Gasteiger partial charge in [0.1, 0.15) is 0 Å². The Kier molecular flexibility index (Phi) is 3.66. The van der Waals surface area contributed by atoms with Gasteiger partial charge in [0.25, 0.3) is 0 Å². The molecule has 0 atom stereocenters. The van der Waals surface area contributed by atoms with E-state index < -0.39 is 18.4 Å². The lowest BCUT2D eigenvalue weighted by atomic mass is 9.92. The van der Waals surface area contributed by atoms with Gasteiger partial charge < -0.3 is 10.2 Å². The maximum atomic E-state index is 10.6. The third-order valence-corrected chi connectivity index (χ3v) is 1.22. The second kappa shape index (κ2) is 4.07. The molecule has 0 bridgehead atoms.